The van der Waals surface area contributed by atoms with Gasteiger partial charge in [0.05, 0.1) is 42.4 Å². The number of phenolic OH excluding ortho intramolecular Hbond substituents is 1. The molecule has 11 heteroatoms. The number of nitrogens with zero attached hydrogens (tertiary/aromatic N) is 3. The lowest BCUT2D eigenvalue weighted by molar-refractivity contribution is -0.384. The Morgan fingerprint density at radius 1 is 1.17 bits per heavy atom. The minimum absolute atomic E-state index is 0.0578. The first kappa shape index (κ1) is 25.1. The maximum atomic E-state index is 13.2. The second-order valence-corrected chi connectivity index (χ2v) is 8.54. The van der Waals surface area contributed by atoms with Crippen LogP contribution in [0.15, 0.2) is 48.0 Å². The smallest absolute Gasteiger partial charge is 0.295 e. The maximum Gasteiger partial charge on any atom is 0.295 e. The molecule has 2 saturated heterocycles. The van der Waals surface area contributed by atoms with Crippen LogP contribution >= 0.6 is 0 Å². The Balaban J connectivity index is 1.74. The summed E-state index contributed by atoms with van der Waals surface area (Å²) in [5, 5.41) is 33.0. The molecule has 4 rings (SSSR count). The molecule has 2 fully saturated rings. The molecule has 0 bridgehead atoms. The van der Waals surface area contributed by atoms with Crippen LogP contribution in [0.5, 0.6) is 11.5 Å². The molecule has 1 unspecified atom stereocenters. The number of aliphatic hydroxyl groups is 1. The molecule has 0 aromatic heterocycles. The van der Waals surface area contributed by atoms with Crippen molar-refractivity contribution in [2.24, 2.45) is 0 Å². The molecule has 190 valence electrons. The molecular weight excluding hydrogens is 470 g/mol. The van der Waals surface area contributed by atoms with E-state index in [0.717, 1.165) is 13.1 Å². The number of phenols is 1. The van der Waals surface area contributed by atoms with Crippen LogP contribution in [0.1, 0.15) is 23.6 Å². The Hall–Kier alpha value is -3.96. The third-order valence-electron chi connectivity index (χ3n) is 6.37. The van der Waals surface area contributed by atoms with Crippen LogP contribution in [0.2, 0.25) is 0 Å². The Morgan fingerprint density at radius 2 is 1.92 bits per heavy atom. The summed E-state index contributed by atoms with van der Waals surface area (Å²) in [6.07, 6.45) is 0.548. The van der Waals surface area contributed by atoms with Gasteiger partial charge >= 0.3 is 0 Å². The number of nitro benzene ring substituents is 1. The predicted molar refractivity (Wildman–Crippen MR) is 129 cm³/mol. The van der Waals surface area contributed by atoms with Gasteiger partial charge in [0, 0.05) is 44.4 Å². The molecule has 2 aliphatic rings. The maximum absolute atomic E-state index is 13.2. The molecule has 0 spiro atoms. The Kier molecular flexibility index (Phi) is 7.51. The van der Waals surface area contributed by atoms with Crippen molar-refractivity contribution in [1.82, 2.24) is 9.80 Å². The van der Waals surface area contributed by atoms with Crippen molar-refractivity contribution in [3.05, 3.63) is 69.3 Å². The number of ketones is 1. The summed E-state index contributed by atoms with van der Waals surface area (Å²) < 4.78 is 10.4. The molecule has 1 amide bonds. The van der Waals surface area contributed by atoms with Crippen molar-refractivity contribution in [3.8, 4) is 11.5 Å². The number of aliphatic hydroxyl groups excluding tert-OH is 1. The molecule has 2 aromatic carbocycles. The summed E-state index contributed by atoms with van der Waals surface area (Å²) >= 11 is 0. The first-order chi connectivity index (χ1) is 17.3. The van der Waals surface area contributed by atoms with Gasteiger partial charge in [-0.1, -0.05) is 12.1 Å². The third-order valence-corrected chi connectivity index (χ3v) is 6.37. The first-order valence-corrected chi connectivity index (χ1v) is 11.5. The number of likely N-dealkylation sites (tertiary alicyclic amines) is 1. The van der Waals surface area contributed by atoms with Crippen LogP contribution in [0.4, 0.5) is 5.69 Å². The summed E-state index contributed by atoms with van der Waals surface area (Å²) in [4.78, 5) is 40.6. The van der Waals surface area contributed by atoms with Crippen molar-refractivity contribution in [1.29, 1.82) is 0 Å². The topological polar surface area (TPSA) is 143 Å². The fourth-order valence-electron chi connectivity index (χ4n) is 4.54. The van der Waals surface area contributed by atoms with E-state index in [-0.39, 0.29) is 29.1 Å². The lowest BCUT2D eigenvalue weighted by Gasteiger charge is -2.29. The number of aromatic hydroxyl groups is 1. The normalized spacial score (nSPS) is 20.0. The molecule has 2 heterocycles. The lowest BCUT2D eigenvalue weighted by Crippen LogP contribution is -2.39. The first-order valence-electron chi connectivity index (χ1n) is 11.5. The van der Waals surface area contributed by atoms with Crippen molar-refractivity contribution < 1.29 is 34.2 Å². The van der Waals surface area contributed by atoms with Crippen LogP contribution in [0.3, 0.4) is 0 Å². The molecule has 1 atom stereocenters. The lowest BCUT2D eigenvalue weighted by atomic mass is 9.94. The number of non-ortho nitro benzene ring substituents is 1. The van der Waals surface area contributed by atoms with Gasteiger partial charge in [0.1, 0.15) is 17.3 Å². The van der Waals surface area contributed by atoms with Gasteiger partial charge in [-0.2, -0.15) is 0 Å². The van der Waals surface area contributed by atoms with Gasteiger partial charge in [-0.05, 0) is 24.1 Å². The number of morpholine rings is 1. The zero-order valence-corrected chi connectivity index (χ0v) is 19.8. The standard InChI is InChI=1S/C25H27N3O8/c1-35-18-6-7-19(20(29)15-18)23(30)21-22(16-4-2-5-17(14-16)28(33)34)27(25(32)24(21)31)9-3-8-26-10-12-36-13-11-26/h2,4-7,14-15,22,29-30H,3,8-13H2,1H3/b23-21-. The Morgan fingerprint density at radius 3 is 2.58 bits per heavy atom. The zero-order chi connectivity index (χ0) is 25.8. The highest BCUT2D eigenvalue weighted by atomic mass is 16.6. The van der Waals surface area contributed by atoms with Crippen LogP contribution in [-0.4, -0.2) is 83.1 Å². The Labute approximate surface area is 207 Å². The van der Waals surface area contributed by atoms with E-state index in [2.05, 4.69) is 4.90 Å². The summed E-state index contributed by atoms with van der Waals surface area (Å²) in [5.41, 5.74) is -0.201. The number of methoxy groups -OCH3 is 1. The molecule has 2 aromatic rings. The number of nitro groups is 1. The van der Waals surface area contributed by atoms with Crippen LogP contribution in [0.25, 0.3) is 5.76 Å². The molecular formula is C25H27N3O8. The highest BCUT2D eigenvalue weighted by Crippen LogP contribution is 2.42. The quantitative estimate of drug-likeness (QED) is 0.185. The summed E-state index contributed by atoms with van der Waals surface area (Å²) in [6.45, 7) is 3.66. The second kappa shape index (κ2) is 10.8. The highest BCUT2D eigenvalue weighted by molar-refractivity contribution is 6.46. The van der Waals surface area contributed by atoms with E-state index in [1.807, 2.05) is 0 Å². The van der Waals surface area contributed by atoms with Crippen molar-refractivity contribution in [2.75, 3.05) is 46.5 Å². The fraction of sp³-hybridized carbons (Fsp3) is 0.360. The minimum atomic E-state index is -1.06. The highest BCUT2D eigenvalue weighted by Gasteiger charge is 2.46. The van der Waals surface area contributed by atoms with Crippen molar-refractivity contribution in [2.45, 2.75) is 12.5 Å². The molecule has 0 aliphatic carbocycles. The third kappa shape index (κ3) is 5.02. The van der Waals surface area contributed by atoms with Crippen molar-refractivity contribution in [3.63, 3.8) is 0 Å². The van der Waals surface area contributed by atoms with Gasteiger partial charge in [0.25, 0.3) is 17.4 Å². The average Bonchev–Trinajstić information content (AvgIpc) is 3.14. The summed E-state index contributed by atoms with van der Waals surface area (Å²) in [7, 11) is 1.42. The number of amides is 1. The number of carbonyl (C=O) groups is 2. The van der Waals surface area contributed by atoms with Gasteiger partial charge in [-0.25, -0.2) is 0 Å². The molecule has 0 radical (unpaired) electrons. The van der Waals surface area contributed by atoms with E-state index in [1.54, 1.807) is 6.07 Å². The van der Waals surface area contributed by atoms with E-state index in [4.69, 9.17) is 9.47 Å². The van der Waals surface area contributed by atoms with Crippen LogP contribution in [-0.2, 0) is 14.3 Å². The largest absolute Gasteiger partial charge is 0.507 e. The molecule has 2 N–H and O–H groups in total. The predicted octanol–water partition coefficient (Wildman–Crippen LogP) is 2.45. The summed E-state index contributed by atoms with van der Waals surface area (Å²) in [6, 6.07) is 8.71. The summed E-state index contributed by atoms with van der Waals surface area (Å²) in [5.74, 6) is -2.32. The molecule has 36 heavy (non-hydrogen) atoms. The van der Waals surface area contributed by atoms with E-state index >= 15 is 0 Å². The van der Waals surface area contributed by atoms with Gasteiger partial charge in [0.15, 0.2) is 0 Å². The second-order valence-electron chi connectivity index (χ2n) is 8.54. The molecule has 11 nitrogen and oxygen atoms in total. The van der Waals surface area contributed by atoms with Gasteiger partial charge in [0.2, 0.25) is 0 Å². The number of benzene rings is 2. The average molecular weight is 498 g/mol. The van der Waals surface area contributed by atoms with E-state index in [0.29, 0.717) is 37.5 Å². The van der Waals surface area contributed by atoms with E-state index < -0.39 is 28.4 Å². The minimum Gasteiger partial charge on any atom is -0.507 e. The molecule has 2 aliphatic heterocycles. The number of hydrogen-bond donors (Lipinski definition) is 2. The van der Waals surface area contributed by atoms with E-state index in [9.17, 15) is 29.9 Å². The number of carbonyl (C=O) groups excluding carboxylic acids is 2. The van der Waals surface area contributed by atoms with Crippen LogP contribution < -0.4 is 4.74 Å². The monoisotopic (exact) mass is 497 g/mol. The number of ether oxygens (including phenoxy) is 2. The van der Waals surface area contributed by atoms with Crippen molar-refractivity contribution >= 4 is 23.1 Å². The van der Waals surface area contributed by atoms with Crippen LogP contribution in [0, 0.1) is 10.1 Å². The van der Waals surface area contributed by atoms with Gasteiger partial charge in [-0.15, -0.1) is 0 Å². The number of Topliss-reactive ketones (excluding diaryl/α,β-unsaturated/α-hetero) is 1. The van der Waals surface area contributed by atoms with E-state index in [1.165, 1.54) is 48.4 Å². The zero-order valence-electron chi connectivity index (χ0n) is 19.8. The van der Waals surface area contributed by atoms with Gasteiger partial charge in [-0.3, -0.25) is 24.6 Å². The fourth-order valence-corrected chi connectivity index (χ4v) is 4.54. The number of rotatable bonds is 8. The van der Waals surface area contributed by atoms with Gasteiger partial charge < -0.3 is 24.6 Å². The Bertz CT molecular complexity index is 1210. The molecule has 0 saturated carbocycles. The SMILES string of the molecule is COc1ccc(/C(O)=C2/C(=O)C(=O)N(CCCN3CCOCC3)C2c2cccc([N+](=O)[O-])c2)c(O)c1. The number of hydrogen-bond acceptors (Lipinski definition) is 9.